The number of carboxylic acid groups (broad SMARTS) is 1. The van der Waals surface area contributed by atoms with Gasteiger partial charge in [0.05, 0.1) is 24.3 Å². The third-order valence-electron chi connectivity index (χ3n) is 10.4. The average molecular weight is 714 g/mol. The molecule has 0 spiro atoms. The molecule has 0 atom stereocenters. The molecule has 2 N–H and O–H groups in total. The minimum Gasteiger partial charge on any atom is -0.490 e. The number of aryl methyl sites for hydroxylation is 2. The van der Waals surface area contributed by atoms with E-state index in [0.29, 0.717) is 59.3 Å². The molecule has 1 amide bonds. The number of nitrogens with zero attached hydrogens (tertiary/aromatic N) is 5. The van der Waals surface area contributed by atoms with Crippen LogP contribution in [-0.2, 0) is 29.5 Å². The molecule has 2 fully saturated rings. The van der Waals surface area contributed by atoms with Crippen molar-refractivity contribution in [2.75, 3.05) is 37.7 Å². The standard InChI is InChI=1S/C37H42FN5O4.C4H10O/c1-22-26-10-6-17-47-35(26)30(38)19-27(22)34-28(21-33(44)45)23(2)40-36-29(34)20-31(41(36)3)25-11-12-39-32(18-25)42-13-7-14-43(16-15-42)37(46)24-8-4-5-9-24;1-4(2,3)5/h11-12,18-20,24H,4-10,13-17,21H2,1-3H3,(H,44,45);5H,1-3H3. The fourth-order valence-electron chi connectivity index (χ4n) is 7.90. The molecule has 0 unspecified atom stereocenters. The Hall–Kier alpha value is -4.51. The van der Waals surface area contributed by atoms with Crippen LogP contribution in [0, 0.1) is 25.6 Å². The number of amides is 1. The Kier molecular flexibility index (Phi) is 10.9. The quantitative estimate of drug-likeness (QED) is 0.219. The lowest BCUT2D eigenvalue weighted by atomic mass is 9.87. The lowest BCUT2D eigenvalue weighted by Crippen LogP contribution is -2.38. The fraction of sp³-hybridized carbons (Fsp3) is 0.512. The van der Waals surface area contributed by atoms with Gasteiger partial charge in [0.2, 0.25) is 5.91 Å². The first-order valence-corrected chi connectivity index (χ1v) is 18.6. The Bertz CT molecular complexity index is 1970. The maximum Gasteiger partial charge on any atom is 0.307 e. The summed E-state index contributed by atoms with van der Waals surface area (Å²) < 4.78 is 23.3. The predicted octanol–water partition coefficient (Wildman–Crippen LogP) is 7.02. The largest absolute Gasteiger partial charge is 0.490 e. The molecule has 52 heavy (non-hydrogen) atoms. The Morgan fingerprint density at radius 2 is 1.75 bits per heavy atom. The number of rotatable bonds is 6. The van der Waals surface area contributed by atoms with Crippen LogP contribution in [0.2, 0.25) is 0 Å². The minimum atomic E-state index is -0.967. The van der Waals surface area contributed by atoms with Gasteiger partial charge in [-0.2, -0.15) is 0 Å². The third-order valence-corrected chi connectivity index (χ3v) is 10.4. The van der Waals surface area contributed by atoms with E-state index in [-0.39, 0.29) is 12.3 Å². The van der Waals surface area contributed by atoms with Crippen molar-refractivity contribution >= 4 is 28.7 Å². The van der Waals surface area contributed by atoms with Gasteiger partial charge in [0, 0.05) is 67.5 Å². The molecule has 3 aliphatic rings. The summed E-state index contributed by atoms with van der Waals surface area (Å²) in [6.07, 6.45) is 8.30. The number of hydrogen-bond acceptors (Lipinski definition) is 7. The zero-order chi connectivity index (χ0) is 37.3. The molecule has 4 aromatic rings. The van der Waals surface area contributed by atoms with Crippen LogP contribution in [0.5, 0.6) is 5.75 Å². The topological polar surface area (TPSA) is 121 Å². The SMILES string of the molecule is CC(C)(C)O.Cc1nc2c(cc(-c3ccnc(N4CCCN(C(=O)C5CCCC5)CC4)c3)n2C)c(-c2cc(F)c3c(c2C)CCCO3)c1CC(=O)O. The van der Waals surface area contributed by atoms with Crippen LogP contribution < -0.4 is 9.64 Å². The van der Waals surface area contributed by atoms with E-state index in [2.05, 4.69) is 11.0 Å². The van der Waals surface area contributed by atoms with Gasteiger partial charge in [0.1, 0.15) is 11.5 Å². The van der Waals surface area contributed by atoms with Crippen molar-refractivity contribution in [3.8, 4) is 28.1 Å². The number of benzene rings is 1. The fourth-order valence-corrected chi connectivity index (χ4v) is 7.90. The molecular weight excluding hydrogens is 661 g/mol. The highest BCUT2D eigenvalue weighted by Gasteiger charge is 2.30. The molecule has 1 aromatic carbocycles. The monoisotopic (exact) mass is 713 g/mol. The van der Waals surface area contributed by atoms with Crippen LogP contribution >= 0.6 is 0 Å². The van der Waals surface area contributed by atoms with E-state index in [1.165, 1.54) is 6.07 Å². The highest BCUT2D eigenvalue weighted by Crippen LogP contribution is 2.43. The maximum absolute atomic E-state index is 15.5. The summed E-state index contributed by atoms with van der Waals surface area (Å²) in [5, 5.41) is 19.2. The van der Waals surface area contributed by atoms with E-state index in [0.717, 1.165) is 91.7 Å². The van der Waals surface area contributed by atoms with Gasteiger partial charge in [-0.1, -0.05) is 12.8 Å². The van der Waals surface area contributed by atoms with Crippen LogP contribution in [0.1, 0.15) is 81.7 Å². The van der Waals surface area contributed by atoms with Crippen molar-refractivity contribution in [1.82, 2.24) is 19.4 Å². The third kappa shape index (κ3) is 7.94. The minimum absolute atomic E-state index is 0.183. The molecule has 10 nitrogen and oxygen atoms in total. The van der Waals surface area contributed by atoms with Crippen molar-refractivity contribution in [3.63, 3.8) is 0 Å². The molecule has 3 aromatic heterocycles. The maximum atomic E-state index is 15.5. The Morgan fingerprint density at radius 1 is 1.02 bits per heavy atom. The summed E-state index contributed by atoms with van der Waals surface area (Å²) in [6.45, 7) is 12.5. The molecule has 7 rings (SSSR count). The van der Waals surface area contributed by atoms with Crippen LogP contribution in [0.15, 0.2) is 30.5 Å². The number of anilines is 1. The molecule has 1 saturated heterocycles. The van der Waals surface area contributed by atoms with Crippen LogP contribution in [0.3, 0.4) is 0 Å². The van der Waals surface area contributed by atoms with Crippen LogP contribution in [0.4, 0.5) is 10.2 Å². The predicted molar refractivity (Wildman–Crippen MR) is 201 cm³/mol. The lowest BCUT2D eigenvalue weighted by molar-refractivity contribution is -0.136. The summed E-state index contributed by atoms with van der Waals surface area (Å²) in [6, 6.07) is 7.58. The number of aliphatic hydroxyl groups is 1. The summed E-state index contributed by atoms with van der Waals surface area (Å²) >= 11 is 0. The molecular formula is C41H52FN5O5. The summed E-state index contributed by atoms with van der Waals surface area (Å²) in [5.74, 6) is 0.251. The normalized spacial score (nSPS) is 16.6. The van der Waals surface area contributed by atoms with E-state index in [1.54, 1.807) is 20.8 Å². The summed E-state index contributed by atoms with van der Waals surface area (Å²) in [5.41, 5.74) is 6.35. The lowest BCUT2D eigenvalue weighted by Gasteiger charge is -2.25. The van der Waals surface area contributed by atoms with Gasteiger partial charge in [-0.05, 0) is 113 Å². The zero-order valence-electron chi connectivity index (χ0n) is 31.4. The van der Waals surface area contributed by atoms with E-state index in [9.17, 15) is 14.7 Å². The number of aromatic nitrogens is 3. The second-order valence-electron chi connectivity index (χ2n) is 15.5. The Morgan fingerprint density at radius 3 is 2.46 bits per heavy atom. The highest BCUT2D eigenvalue weighted by atomic mass is 19.1. The van der Waals surface area contributed by atoms with E-state index < -0.39 is 17.4 Å². The van der Waals surface area contributed by atoms with Gasteiger partial charge in [0.15, 0.2) is 11.6 Å². The van der Waals surface area contributed by atoms with E-state index in [4.69, 9.17) is 19.8 Å². The van der Waals surface area contributed by atoms with E-state index >= 15 is 4.39 Å². The Balaban J connectivity index is 0.000000870. The van der Waals surface area contributed by atoms with E-state index in [1.807, 2.05) is 48.7 Å². The molecule has 1 saturated carbocycles. The number of carbonyl (C=O) groups is 2. The summed E-state index contributed by atoms with van der Waals surface area (Å²) in [4.78, 5) is 39.2. The number of pyridine rings is 2. The molecule has 11 heteroatoms. The zero-order valence-corrected chi connectivity index (χ0v) is 31.4. The molecule has 278 valence electrons. The number of hydrogen-bond donors (Lipinski definition) is 2. The average Bonchev–Trinajstić information content (AvgIpc) is 3.67. The van der Waals surface area contributed by atoms with Crippen molar-refractivity contribution in [2.24, 2.45) is 13.0 Å². The first kappa shape index (κ1) is 37.3. The van der Waals surface area contributed by atoms with Crippen LogP contribution in [-0.4, -0.2) is 79.9 Å². The number of carbonyl (C=O) groups excluding carboxylic acids is 1. The second-order valence-corrected chi connectivity index (χ2v) is 15.5. The van der Waals surface area contributed by atoms with Crippen molar-refractivity contribution in [1.29, 1.82) is 0 Å². The van der Waals surface area contributed by atoms with Crippen molar-refractivity contribution in [2.45, 2.75) is 91.6 Å². The van der Waals surface area contributed by atoms with Gasteiger partial charge in [0.25, 0.3) is 0 Å². The van der Waals surface area contributed by atoms with Gasteiger partial charge in [-0.25, -0.2) is 14.4 Å². The highest BCUT2D eigenvalue weighted by molar-refractivity contribution is 6.01. The van der Waals surface area contributed by atoms with Gasteiger partial charge >= 0.3 is 5.97 Å². The first-order chi connectivity index (χ1) is 24.7. The number of aliphatic carboxylic acids is 1. The molecule has 0 radical (unpaired) electrons. The second kappa shape index (κ2) is 15.2. The number of ether oxygens (including phenoxy) is 1. The smallest absolute Gasteiger partial charge is 0.307 e. The summed E-state index contributed by atoms with van der Waals surface area (Å²) in [7, 11) is 1.96. The molecule has 5 heterocycles. The van der Waals surface area contributed by atoms with Gasteiger partial charge in [-0.15, -0.1) is 0 Å². The van der Waals surface area contributed by atoms with Crippen LogP contribution in [0.25, 0.3) is 33.4 Å². The first-order valence-electron chi connectivity index (χ1n) is 18.6. The number of halogens is 1. The molecule has 2 aliphatic heterocycles. The molecule has 0 bridgehead atoms. The van der Waals surface area contributed by atoms with Gasteiger partial charge < -0.3 is 29.3 Å². The van der Waals surface area contributed by atoms with Gasteiger partial charge in [-0.3, -0.25) is 9.59 Å². The Labute approximate surface area is 305 Å². The van der Waals surface area contributed by atoms with Crippen molar-refractivity contribution < 1.29 is 28.9 Å². The number of fused-ring (bicyclic) bond motifs is 2. The molecule has 1 aliphatic carbocycles. The van der Waals surface area contributed by atoms with Crippen molar-refractivity contribution in [3.05, 3.63) is 58.7 Å². The number of carboxylic acids is 1.